The summed E-state index contributed by atoms with van der Waals surface area (Å²) in [5, 5.41) is 14.6. The molecule has 2 aromatic rings. The van der Waals surface area contributed by atoms with Crippen molar-refractivity contribution in [3.8, 4) is 0 Å². The molecule has 0 spiro atoms. The SMILES string of the molecule is CC(O)(CNC(=O)/C=C/SCc1ccco1)c1ccc(F)cc1. The van der Waals surface area contributed by atoms with Crippen LogP contribution in [0.15, 0.2) is 58.6 Å². The Bertz CT molecular complexity index is 651. The molecular formula is C17H18FNO3S. The molecule has 0 saturated heterocycles. The monoisotopic (exact) mass is 335 g/mol. The standard InChI is InChI=1S/C17H18FNO3S/c1-17(21,13-4-6-14(18)7-5-13)12-19-16(20)8-10-23-11-15-3-2-9-22-15/h2-10,21H,11-12H2,1H3,(H,19,20)/b10-8+. The zero-order valence-electron chi connectivity index (χ0n) is 12.7. The summed E-state index contributed by atoms with van der Waals surface area (Å²) in [6.45, 7) is 1.60. The van der Waals surface area contributed by atoms with Gasteiger partial charge in [0.2, 0.25) is 5.91 Å². The Hall–Kier alpha value is -2.05. The zero-order valence-corrected chi connectivity index (χ0v) is 13.5. The lowest BCUT2D eigenvalue weighted by Crippen LogP contribution is -2.37. The Morgan fingerprint density at radius 2 is 2.13 bits per heavy atom. The van der Waals surface area contributed by atoms with Crippen molar-refractivity contribution in [1.82, 2.24) is 5.32 Å². The number of carbonyl (C=O) groups excluding carboxylic acids is 1. The summed E-state index contributed by atoms with van der Waals surface area (Å²) in [6.07, 6.45) is 3.00. The van der Waals surface area contributed by atoms with Crippen molar-refractivity contribution in [2.75, 3.05) is 6.54 Å². The third kappa shape index (κ3) is 5.58. The molecule has 23 heavy (non-hydrogen) atoms. The summed E-state index contributed by atoms with van der Waals surface area (Å²) in [5.41, 5.74) is -0.728. The fourth-order valence-electron chi connectivity index (χ4n) is 1.86. The van der Waals surface area contributed by atoms with Gasteiger partial charge in [-0.05, 0) is 42.2 Å². The number of amides is 1. The van der Waals surface area contributed by atoms with Crippen LogP contribution in [-0.2, 0) is 16.1 Å². The van der Waals surface area contributed by atoms with Crippen molar-refractivity contribution in [2.45, 2.75) is 18.3 Å². The molecule has 0 saturated carbocycles. The van der Waals surface area contributed by atoms with Crippen molar-refractivity contribution in [3.05, 3.63) is 71.3 Å². The van der Waals surface area contributed by atoms with Crippen LogP contribution in [0.3, 0.4) is 0 Å². The number of hydrogen-bond donors (Lipinski definition) is 2. The van der Waals surface area contributed by atoms with Gasteiger partial charge in [0.1, 0.15) is 17.2 Å². The average molecular weight is 335 g/mol. The van der Waals surface area contributed by atoms with Crippen molar-refractivity contribution < 1.29 is 18.7 Å². The van der Waals surface area contributed by atoms with Crippen LogP contribution in [0.2, 0.25) is 0 Å². The van der Waals surface area contributed by atoms with Crippen molar-refractivity contribution in [2.24, 2.45) is 0 Å². The number of benzene rings is 1. The van der Waals surface area contributed by atoms with Gasteiger partial charge in [-0.2, -0.15) is 0 Å². The number of hydrogen-bond acceptors (Lipinski definition) is 4. The highest BCUT2D eigenvalue weighted by atomic mass is 32.2. The third-order valence-corrected chi connectivity index (χ3v) is 3.97. The first-order valence-corrected chi connectivity index (χ1v) is 8.09. The first-order chi connectivity index (χ1) is 11.0. The number of aliphatic hydroxyl groups is 1. The number of carbonyl (C=O) groups is 1. The van der Waals surface area contributed by atoms with Crippen molar-refractivity contribution in [3.63, 3.8) is 0 Å². The zero-order chi connectivity index (χ0) is 16.7. The van der Waals surface area contributed by atoms with Crippen LogP contribution in [0.25, 0.3) is 0 Å². The lowest BCUT2D eigenvalue weighted by atomic mass is 9.96. The van der Waals surface area contributed by atoms with Gasteiger partial charge >= 0.3 is 0 Å². The first-order valence-electron chi connectivity index (χ1n) is 7.04. The quantitative estimate of drug-likeness (QED) is 0.763. The van der Waals surface area contributed by atoms with E-state index >= 15 is 0 Å². The van der Waals surface area contributed by atoms with Gasteiger partial charge in [0.15, 0.2) is 0 Å². The van der Waals surface area contributed by atoms with Crippen LogP contribution in [0.1, 0.15) is 18.2 Å². The Kier molecular flexibility index (Phi) is 6.01. The number of halogens is 1. The fraction of sp³-hybridized carbons (Fsp3) is 0.235. The van der Waals surface area contributed by atoms with E-state index in [9.17, 15) is 14.3 Å². The van der Waals surface area contributed by atoms with E-state index in [0.29, 0.717) is 11.3 Å². The largest absolute Gasteiger partial charge is 0.468 e. The minimum absolute atomic E-state index is 0.0324. The van der Waals surface area contributed by atoms with Crippen LogP contribution in [0, 0.1) is 5.82 Å². The molecule has 6 heteroatoms. The minimum Gasteiger partial charge on any atom is -0.468 e. The average Bonchev–Trinajstić information content (AvgIpc) is 3.03. The van der Waals surface area contributed by atoms with Crippen LogP contribution in [0.4, 0.5) is 4.39 Å². The molecule has 1 amide bonds. The van der Waals surface area contributed by atoms with E-state index in [2.05, 4.69) is 5.32 Å². The molecule has 1 heterocycles. The van der Waals surface area contributed by atoms with Gasteiger partial charge in [0.25, 0.3) is 0 Å². The normalized spacial score (nSPS) is 13.9. The second-order valence-corrected chi connectivity index (χ2v) is 6.09. The van der Waals surface area contributed by atoms with Crippen LogP contribution >= 0.6 is 11.8 Å². The number of furan rings is 1. The summed E-state index contributed by atoms with van der Waals surface area (Å²) in [5.74, 6) is 0.799. The van der Waals surface area contributed by atoms with Gasteiger partial charge in [-0.3, -0.25) is 4.79 Å². The summed E-state index contributed by atoms with van der Waals surface area (Å²) in [7, 11) is 0. The van der Waals surface area contributed by atoms with E-state index in [1.807, 2.05) is 12.1 Å². The molecule has 1 aromatic carbocycles. The van der Waals surface area contributed by atoms with Crippen molar-refractivity contribution >= 4 is 17.7 Å². The molecule has 1 unspecified atom stereocenters. The summed E-state index contributed by atoms with van der Waals surface area (Å²) in [6, 6.07) is 9.21. The van der Waals surface area contributed by atoms with Crippen LogP contribution in [0.5, 0.6) is 0 Å². The maximum absolute atomic E-state index is 12.9. The highest BCUT2D eigenvalue weighted by Gasteiger charge is 2.23. The predicted molar refractivity (Wildman–Crippen MR) is 88.1 cm³/mol. The second-order valence-electron chi connectivity index (χ2n) is 5.19. The molecule has 0 aliphatic heterocycles. The summed E-state index contributed by atoms with van der Waals surface area (Å²) in [4.78, 5) is 11.7. The van der Waals surface area contributed by atoms with Gasteiger partial charge in [-0.15, -0.1) is 11.8 Å². The molecule has 0 fully saturated rings. The van der Waals surface area contributed by atoms with Crippen LogP contribution in [-0.4, -0.2) is 17.6 Å². The van der Waals surface area contributed by atoms with Gasteiger partial charge in [-0.25, -0.2) is 4.39 Å². The maximum atomic E-state index is 12.9. The molecule has 1 aromatic heterocycles. The van der Waals surface area contributed by atoms with E-state index in [4.69, 9.17) is 4.42 Å². The van der Waals surface area contributed by atoms with Gasteiger partial charge in [-0.1, -0.05) is 12.1 Å². The molecule has 2 N–H and O–H groups in total. The Labute approximate surface area is 138 Å². The van der Waals surface area contributed by atoms with Crippen molar-refractivity contribution in [1.29, 1.82) is 0 Å². The molecule has 2 rings (SSSR count). The maximum Gasteiger partial charge on any atom is 0.244 e. The fourth-order valence-corrected chi connectivity index (χ4v) is 2.51. The summed E-state index contributed by atoms with van der Waals surface area (Å²) < 4.78 is 18.1. The first kappa shape index (κ1) is 17.3. The van der Waals surface area contributed by atoms with Gasteiger partial charge in [0.05, 0.1) is 18.6 Å². The molecule has 0 bridgehead atoms. The van der Waals surface area contributed by atoms with Gasteiger partial charge in [0, 0.05) is 6.08 Å². The Morgan fingerprint density at radius 3 is 2.78 bits per heavy atom. The smallest absolute Gasteiger partial charge is 0.244 e. The lowest BCUT2D eigenvalue weighted by molar-refractivity contribution is -0.117. The Morgan fingerprint density at radius 1 is 1.39 bits per heavy atom. The predicted octanol–water partition coefficient (Wildman–Crippen LogP) is 3.19. The third-order valence-electron chi connectivity index (χ3n) is 3.19. The number of nitrogens with one attached hydrogen (secondary N) is 1. The molecule has 0 aliphatic rings. The van der Waals surface area contributed by atoms with E-state index in [1.54, 1.807) is 18.6 Å². The lowest BCUT2D eigenvalue weighted by Gasteiger charge is -2.23. The van der Waals surface area contributed by atoms with E-state index in [-0.39, 0.29) is 18.3 Å². The molecule has 0 radical (unpaired) electrons. The highest BCUT2D eigenvalue weighted by molar-refractivity contribution is 8.01. The van der Waals surface area contributed by atoms with E-state index in [0.717, 1.165) is 5.76 Å². The highest BCUT2D eigenvalue weighted by Crippen LogP contribution is 2.20. The minimum atomic E-state index is -1.27. The van der Waals surface area contributed by atoms with Gasteiger partial charge < -0.3 is 14.8 Å². The molecule has 0 aliphatic carbocycles. The second kappa shape index (κ2) is 7.99. The molecular weight excluding hydrogens is 317 g/mol. The van der Waals surface area contributed by atoms with E-state index < -0.39 is 5.60 Å². The summed E-state index contributed by atoms with van der Waals surface area (Å²) >= 11 is 1.43. The molecule has 4 nitrogen and oxygen atoms in total. The number of rotatable bonds is 7. The molecule has 1 atom stereocenters. The van der Waals surface area contributed by atoms with E-state index in [1.165, 1.54) is 42.1 Å². The topological polar surface area (TPSA) is 62.5 Å². The van der Waals surface area contributed by atoms with Crippen LogP contribution < -0.4 is 5.32 Å². The number of thioether (sulfide) groups is 1. The Balaban J connectivity index is 1.77. The molecule has 122 valence electrons.